The largest absolute Gasteiger partial charge is 0.494 e. The number of aryl methyl sites for hydroxylation is 1. The first kappa shape index (κ1) is 28.3. The fourth-order valence-electron chi connectivity index (χ4n) is 3.98. The quantitative estimate of drug-likeness (QED) is 0.299. The lowest BCUT2D eigenvalue weighted by Gasteiger charge is -2.34. The maximum atomic E-state index is 13.6. The van der Waals surface area contributed by atoms with Gasteiger partial charge in [-0.3, -0.25) is 9.59 Å². The standard InChI is InChI=1S/C31H37ClN2O3/c1-23-12-18-27(19-13-23)37-20-8-11-29(35)34(22-25-14-16-26(32)17-15-25)28(30(36)33-31(2,3)4)21-24-9-6-5-7-10-24/h5-7,9-10,12-19,28H,8,11,20-22H2,1-4H3,(H,33,36)/t28-/m1/s1. The summed E-state index contributed by atoms with van der Waals surface area (Å²) < 4.78 is 5.83. The summed E-state index contributed by atoms with van der Waals surface area (Å²) in [6, 6.07) is 24.4. The Kier molecular flexibility index (Phi) is 10.2. The van der Waals surface area contributed by atoms with E-state index >= 15 is 0 Å². The lowest BCUT2D eigenvalue weighted by atomic mass is 10.00. The Labute approximate surface area is 225 Å². The van der Waals surface area contributed by atoms with Crippen molar-refractivity contribution in [3.05, 3.63) is 101 Å². The predicted molar refractivity (Wildman–Crippen MR) is 150 cm³/mol. The number of hydrogen-bond donors (Lipinski definition) is 1. The van der Waals surface area contributed by atoms with Crippen LogP contribution in [0.15, 0.2) is 78.9 Å². The molecular weight excluding hydrogens is 484 g/mol. The Balaban J connectivity index is 1.80. The van der Waals surface area contributed by atoms with E-state index in [1.165, 1.54) is 5.56 Å². The van der Waals surface area contributed by atoms with E-state index in [0.29, 0.717) is 31.0 Å². The van der Waals surface area contributed by atoms with Crippen LogP contribution in [0.1, 0.15) is 50.3 Å². The van der Waals surface area contributed by atoms with Crippen LogP contribution in [0.2, 0.25) is 5.02 Å². The zero-order valence-corrected chi connectivity index (χ0v) is 22.9. The molecule has 1 N–H and O–H groups in total. The van der Waals surface area contributed by atoms with Crippen molar-refractivity contribution in [2.24, 2.45) is 0 Å². The van der Waals surface area contributed by atoms with Gasteiger partial charge < -0.3 is 15.0 Å². The molecule has 0 saturated heterocycles. The summed E-state index contributed by atoms with van der Waals surface area (Å²) in [5.74, 6) is 0.518. The number of halogens is 1. The minimum absolute atomic E-state index is 0.0903. The first-order valence-corrected chi connectivity index (χ1v) is 13.1. The smallest absolute Gasteiger partial charge is 0.243 e. The summed E-state index contributed by atoms with van der Waals surface area (Å²) in [4.78, 5) is 28.9. The summed E-state index contributed by atoms with van der Waals surface area (Å²) in [5.41, 5.74) is 2.64. The van der Waals surface area contributed by atoms with Gasteiger partial charge >= 0.3 is 0 Å². The Morgan fingerprint density at radius 1 is 0.919 bits per heavy atom. The van der Waals surface area contributed by atoms with Gasteiger partial charge in [0.05, 0.1) is 6.61 Å². The monoisotopic (exact) mass is 520 g/mol. The van der Waals surface area contributed by atoms with Gasteiger partial charge in [-0.05, 0) is 69.5 Å². The Hall–Kier alpha value is -3.31. The van der Waals surface area contributed by atoms with E-state index in [2.05, 4.69) is 5.32 Å². The van der Waals surface area contributed by atoms with E-state index in [9.17, 15) is 9.59 Å². The molecule has 0 bridgehead atoms. The number of benzene rings is 3. The third-order valence-corrected chi connectivity index (χ3v) is 6.11. The summed E-state index contributed by atoms with van der Waals surface area (Å²) in [5, 5.41) is 3.71. The van der Waals surface area contributed by atoms with E-state index in [-0.39, 0.29) is 18.2 Å². The zero-order valence-electron chi connectivity index (χ0n) is 22.2. The van der Waals surface area contributed by atoms with Crippen LogP contribution in [0.25, 0.3) is 0 Å². The minimum atomic E-state index is -0.664. The molecule has 0 aromatic heterocycles. The third kappa shape index (κ3) is 9.58. The first-order valence-electron chi connectivity index (χ1n) is 12.7. The van der Waals surface area contributed by atoms with E-state index in [1.54, 1.807) is 17.0 Å². The van der Waals surface area contributed by atoms with Gasteiger partial charge in [0, 0.05) is 29.9 Å². The number of carbonyl (C=O) groups excluding carboxylic acids is 2. The summed E-state index contributed by atoms with van der Waals surface area (Å²) in [6.07, 6.45) is 1.23. The molecule has 0 aliphatic rings. The van der Waals surface area contributed by atoms with Gasteiger partial charge in [0.15, 0.2) is 0 Å². The molecule has 0 unspecified atom stereocenters. The lowest BCUT2D eigenvalue weighted by molar-refractivity contribution is -0.142. The van der Waals surface area contributed by atoms with Crippen molar-refractivity contribution in [3.63, 3.8) is 0 Å². The molecule has 5 nitrogen and oxygen atoms in total. The zero-order chi connectivity index (χ0) is 26.8. The van der Waals surface area contributed by atoms with Crippen LogP contribution in [0.4, 0.5) is 0 Å². The van der Waals surface area contributed by atoms with E-state index in [4.69, 9.17) is 16.3 Å². The third-order valence-electron chi connectivity index (χ3n) is 5.86. The number of carbonyl (C=O) groups is 2. The van der Waals surface area contributed by atoms with Crippen LogP contribution in [0.5, 0.6) is 5.75 Å². The average Bonchev–Trinajstić information content (AvgIpc) is 2.85. The molecular formula is C31H37ClN2O3. The first-order chi connectivity index (χ1) is 17.6. The van der Waals surface area contributed by atoms with Crippen LogP contribution in [0.3, 0.4) is 0 Å². The van der Waals surface area contributed by atoms with Crippen molar-refractivity contribution in [3.8, 4) is 5.75 Å². The van der Waals surface area contributed by atoms with Crippen LogP contribution in [-0.2, 0) is 22.6 Å². The maximum absolute atomic E-state index is 13.6. The molecule has 0 radical (unpaired) electrons. The maximum Gasteiger partial charge on any atom is 0.243 e. The van der Waals surface area contributed by atoms with E-state index in [0.717, 1.165) is 16.9 Å². The second-order valence-corrected chi connectivity index (χ2v) is 10.8. The Morgan fingerprint density at radius 2 is 1.57 bits per heavy atom. The van der Waals surface area contributed by atoms with Gasteiger partial charge in [-0.25, -0.2) is 0 Å². The molecule has 0 saturated carbocycles. The fourth-order valence-corrected chi connectivity index (χ4v) is 4.11. The number of nitrogens with zero attached hydrogens (tertiary/aromatic N) is 1. The average molecular weight is 521 g/mol. The number of rotatable bonds is 11. The molecule has 2 amide bonds. The van der Waals surface area contributed by atoms with Crippen molar-refractivity contribution in [1.82, 2.24) is 10.2 Å². The van der Waals surface area contributed by atoms with Gasteiger partial charge in [-0.15, -0.1) is 0 Å². The van der Waals surface area contributed by atoms with E-state index in [1.807, 2.05) is 94.4 Å². The highest BCUT2D eigenvalue weighted by Crippen LogP contribution is 2.19. The highest BCUT2D eigenvalue weighted by atomic mass is 35.5. The SMILES string of the molecule is Cc1ccc(OCCCC(=O)N(Cc2ccc(Cl)cc2)[C@H](Cc2ccccc2)C(=O)NC(C)(C)C)cc1. The molecule has 0 heterocycles. The molecule has 1 atom stereocenters. The second-order valence-electron chi connectivity index (χ2n) is 10.4. The number of amides is 2. The van der Waals surface area contributed by atoms with Crippen LogP contribution in [-0.4, -0.2) is 34.9 Å². The van der Waals surface area contributed by atoms with Gasteiger partial charge in [0.2, 0.25) is 11.8 Å². The van der Waals surface area contributed by atoms with Crippen molar-refractivity contribution in [2.45, 2.75) is 65.1 Å². The molecule has 3 rings (SSSR count). The number of nitrogens with one attached hydrogen (secondary N) is 1. The van der Waals surface area contributed by atoms with Crippen LogP contribution >= 0.6 is 11.6 Å². The van der Waals surface area contributed by atoms with Crippen LogP contribution < -0.4 is 10.1 Å². The summed E-state index contributed by atoms with van der Waals surface area (Å²) in [6.45, 7) is 8.58. The molecule has 0 spiro atoms. The normalized spacial score (nSPS) is 12.0. The van der Waals surface area contributed by atoms with Gasteiger partial charge in [0.25, 0.3) is 0 Å². The molecule has 0 aliphatic carbocycles. The molecule has 6 heteroatoms. The molecule has 37 heavy (non-hydrogen) atoms. The van der Waals surface area contributed by atoms with Crippen molar-refractivity contribution in [1.29, 1.82) is 0 Å². The second kappa shape index (κ2) is 13.3. The molecule has 0 fully saturated rings. The molecule has 196 valence electrons. The fraction of sp³-hybridized carbons (Fsp3) is 0.355. The predicted octanol–water partition coefficient (Wildman–Crippen LogP) is 6.36. The van der Waals surface area contributed by atoms with E-state index < -0.39 is 11.6 Å². The molecule has 3 aromatic carbocycles. The van der Waals surface area contributed by atoms with Crippen molar-refractivity contribution < 1.29 is 14.3 Å². The topological polar surface area (TPSA) is 58.6 Å². The van der Waals surface area contributed by atoms with Gasteiger partial charge in [0.1, 0.15) is 11.8 Å². The summed E-state index contributed by atoms with van der Waals surface area (Å²) in [7, 11) is 0. The van der Waals surface area contributed by atoms with Crippen molar-refractivity contribution in [2.75, 3.05) is 6.61 Å². The summed E-state index contributed by atoms with van der Waals surface area (Å²) >= 11 is 6.09. The Bertz CT molecular complexity index is 1140. The van der Waals surface area contributed by atoms with Crippen molar-refractivity contribution >= 4 is 23.4 Å². The number of hydrogen-bond acceptors (Lipinski definition) is 3. The molecule has 3 aromatic rings. The Morgan fingerprint density at radius 3 is 2.19 bits per heavy atom. The van der Waals surface area contributed by atoms with Crippen LogP contribution in [0, 0.1) is 6.92 Å². The lowest BCUT2D eigenvalue weighted by Crippen LogP contribution is -2.54. The number of ether oxygens (including phenoxy) is 1. The molecule has 0 aliphatic heterocycles. The minimum Gasteiger partial charge on any atom is -0.494 e. The van der Waals surface area contributed by atoms with Gasteiger partial charge in [-0.2, -0.15) is 0 Å². The highest BCUT2D eigenvalue weighted by molar-refractivity contribution is 6.30. The van der Waals surface area contributed by atoms with Gasteiger partial charge in [-0.1, -0.05) is 71.8 Å². The highest BCUT2D eigenvalue weighted by Gasteiger charge is 2.32.